The fourth-order valence-electron chi connectivity index (χ4n) is 4.65. The zero-order chi connectivity index (χ0) is 19.8. The van der Waals surface area contributed by atoms with E-state index in [1.54, 1.807) is 4.90 Å². The number of aryl methyl sites for hydroxylation is 1. The van der Waals surface area contributed by atoms with E-state index >= 15 is 0 Å². The van der Waals surface area contributed by atoms with E-state index in [-0.39, 0.29) is 17.9 Å². The number of anilines is 1. The van der Waals surface area contributed by atoms with Gasteiger partial charge in [0.25, 0.3) is 0 Å². The molecule has 1 aromatic rings. The minimum Gasteiger partial charge on any atom is -0.311 e. The van der Waals surface area contributed by atoms with Gasteiger partial charge in [0.05, 0.1) is 0 Å². The Bertz CT molecular complexity index is 837. The first-order chi connectivity index (χ1) is 13.5. The summed E-state index contributed by atoms with van der Waals surface area (Å²) >= 11 is 0. The molecule has 2 heterocycles. The van der Waals surface area contributed by atoms with E-state index in [0.29, 0.717) is 13.0 Å². The predicted octanol–water partition coefficient (Wildman–Crippen LogP) is 2.34. The number of para-hydroxylation sites is 1. The number of hydrogen-bond acceptors (Lipinski definition) is 4. The van der Waals surface area contributed by atoms with Gasteiger partial charge >= 0.3 is 17.8 Å². The van der Waals surface area contributed by atoms with Gasteiger partial charge in [-0.25, -0.2) is 9.69 Å². The third-order valence-electron chi connectivity index (χ3n) is 6.19. The molecule has 3 aliphatic rings. The molecule has 28 heavy (non-hydrogen) atoms. The molecule has 7 nitrogen and oxygen atoms in total. The predicted molar refractivity (Wildman–Crippen MR) is 102 cm³/mol. The number of carbonyl (C=O) groups is 4. The fraction of sp³-hybridized carbons (Fsp3) is 0.524. The van der Waals surface area contributed by atoms with Gasteiger partial charge in [0.2, 0.25) is 5.91 Å². The Morgan fingerprint density at radius 2 is 1.79 bits per heavy atom. The summed E-state index contributed by atoms with van der Waals surface area (Å²) in [5, 5.41) is 0. The molecule has 2 aliphatic heterocycles. The molecule has 0 N–H and O–H groups in total. The SMILES string of the molecule is C[C@H]1CCCC[C@H]1N1C(=O)C(=O)N(CC(=O)N2CCCc3ccccc32)C1=O. The largest absolute Gasteiger partial charge is 0.334 e. The number of carbonyl (C=O) groups excluding carboxylic acids is 4. The van der Waals surface area contributed by atoms with Crippen molar-refractivity contribution in [2.45, 2.75) is 51.5 Å². The van der Waals surface area contributed by atoms with Crippen molar-refractivity contribution >= 4 is 29.4 Å². The van der Waals surface area contributed by atoms with Gasteiger partial charge in [0.1, 0.15) is 6.54 Å². The molecular formula is C21H25N3O4. The summed E-state index contributed by atoms with van der Waals surface area (Å²) < 4.78 is 0. The molecule has 0 bridgehead atoms. The van der Waals surface area contributed by atoms with Crippen LogP contribution in [0.4, 0.5) is 10.5 Å². The van der Waals surface area contributed by atoms with E-state index in [1.807, 2.05) is 31.2 Å². The molecule has 7 heteroatoms. The molecule has 1 aromatic carbocycles. The lowest BCUT2D eigenvalue weighted by Gasteiger charge is -2.34. The number of rotatable bonds is 3. The lowest BCUT2D eigenvalue weighted by Crippen LogP contribution is -2.48. The van der Waals surface area contributed by atoms with Gasteiger partial charge in [-0.3, -0.25) is 19.3 Å². The van der Waals surface area contributed by atoms with Crippen LogP contribution < -0.4 is 4.90 Å². The van der Waals surface area contributed by atoms with E-state index in [9.17, 15) is 19.2 Å². The number of amides is 5. The maximum absolute atomic E-state index is 12.9. The summed E-state index contributed by atoms with van der Waals surface area (Å²) in [6.07, 6.45) is 5.37. The van der Waals surface area contributed by atoms with Crippen LogP contribution >= 0.6 is 0 Å². The molecule has 148 valence electrons. The fourth-order valence-corrected chi connectivity index (χ4v) is 4.65. The van der Waals surface area contributed by atoms with Crippen LogP contribution in [0, 0.1) is 5.92 Å². The van der Waals surface area contributed by atoms with Crippen molar-refractivity contribution in [3.63, 3.8) is 0 Å². The van der Waals surface area contributed by atoms with E-state index in [0.717, 1.165) is 53.2 Å². The lowest BCUT2D eigenvalue weighted by molar-refractivity contribution is -0.145. The summed E-state index contributed by atoms with van der Waals surface area (Å²) in [5.74, 6) is -1.85. The second kappa shape index (κ2) is 7.37. The Hall–Kier alpha value is -2.70. The van der Waals surface area contributed by atoms with E-state index < -0.39 is 24.4 Å². The van der Waals surface area contributed by atoms with Gasteiger partial charge in [-0.05, 0) is 43.2 Å². The van der Waals surface area contributed by atoms with Gasteiger partial charge in [0, 0.05) is 18.3 Å². The first kappa shape index (κ1) is 18.7. The third kappa shape index (κ3) is 3.08. The zero-order valence-corrected chi connectivity index (χ0v) is 16.1. The molecule has 0 spiro atoms. The van der Waals surface area contributed by atoms with Gasteiger partial charge in [-0.2, -0.15) is 0 Å². The maximum atomic E-state index is 12.9. The number of benzene rings is 1. The summed E-state index contributed by atoms with van der Waals surface area (Å²) in [5.41, 5.74) is 1.90. The molecule has 2 fully saturated rings. The molecule has 1 saturated heterocycles. The molecule has 1 saturated carbocycles. The molecule has 0 aromatic heterocycles. The number of nitrogens with zero attached hydrogens (tertiary/aromatic N) is 3. The van der Waals surface area contributed by atoms with Gasteiger partial charge in [-0.1, -0.05) is 38.0 Å². The standard InChI is InChI=1S/C21H25N3O4/c1-14-7-2-4-10-16(14)24-20(27)19(26)23(21(24)28)13-18(25)22-12-6-9-15-8-3-5-11-17(15)22/h3,5,8,11,14,16H,2,4,6-7,9-10,12-13H2,1H3/t14-,16+/m0/s1. The molecule has 2 atom stereocenters. The Labute approximate surface area is 164 Å². The number of urea groups is 1. The number of hydrogen-bond donors (Lipinski definition) is 0. The molecule has 0 radical (unpaired) electrons. The van der Waals surface area contributed by atoms with Crippen LogP contribution in [0.1, 0.15) is 44.6 Å². The first-order valence-corrected chi connectivity index (χ1v) is 10.1. The number of imide groups is 2. The van der Waals surface area contributed by atoms with Crippen molar-refractivity contribution in [1.29, 1.82) is 0 Å². The topological polar surface area (TPSA) is 78.0 Å². The Morgan fingerprint density at radius 1 is 1.04 bits per heavy atom. The molecule has 5 amide bonds. The van der Waals surface area contributed by atoms with Crippen LogP contribution in [0.25, 0.3) is 0 Å². The lowest BCUT2D eigenvalue weighted by atomic mass is 9.85. The second-order valence-corrected chi connectivity index (χ2v) is 7.96. The second-order valence-electron chi connectivity index (χ2n) is 7.96. The molecule has 0 unspecified atom stereocenters. The van der Waals surface area contributed by atoms with Crippen LogP contribution in [0.15, 0.2) is 24.3 Å². The van der Waals surface area contributed by atoms with Gasteiger partial charge in [0.15, 0.2) is 0 Å². The molecule has 1 aliphatic carbocycles. The smallest absolute Gasteiger partial charge is 0.311 e. The van der Waals surface area contributed by atoms with Gasteiger partial charge in [-0.15, -0.1) is 0 Å². The molecule has 4 rings (SSSR count). The number of fused-ring (bicyclic) bond motifs is 1. The van der Waals surface area contributed by atoms with E-state index in [1.165, 1.54) is 0 Å². The van der Waals surface area contributed by atoms with E-state index in [2.05, 4.69) is 0 Å². The average molecular weight is 383 g/mol. The Morgan fingerprint density at radius 3 is 2.57 bits per heavy atom. The normalized spacial score (nSPS) is 25.3. The van der Waals surface area contributed by atoms with Crippen LogP contribution in [-0.4, -0.2) is 52.7 Å². The van der Waals surface area contributed by atoms with Crippen molar-refractivity contribution < 1.29 is 19.2 Å². The minimum absolute atomic E-state index is 0.166. The monoisotopic (exact) mass is 383 g/mol. The molecular weight excluding hydrogens is 358 g/mol. The quantitative estimate of drug-likeness (QED) is 0.593. The van der Waals surface area contributed by atoms with Crippen molar-refractivity contribution in [2.24, 2.45) is 5.92 Å². The van der Waals surface area contributed by atoms with Crippen LogP contribution in [0.2, 0.25) is 0 Å². The highest BCUT2D eigenvalue weighted by Crippen LogP contribution is 2.32. The summed E-state index contributed by atoms with van der Waals surface area (Å²) in [4.78, 5) is 54.3. The highest BCUT2D eigenvalue weighted by Gasteiger charge is 2.49. The summed E-state index contributed by atoms with van der Waals surface area (Å²) in [6, 6.07) is 6.76. The first-order valence-electron chi connectivity index (χ1n) is 10.1. The van der Waals surface area contributed by atoms with Crippen LogP contribution in [0.3, 0.4) is 0 Å². The highest BCUT2D eigenvalue weighted by molar-refractivity contribution is 6.45. The highest BCUT2D eigenvalue weighted by atomic mass is 16.2. The third-order valence-corrected chi connectivity index (χ3v) is 6.19. The summed E-state index contributed by atoms with van der Waals surface area (Å²) in [7, 11) is 0. The van der Waals surface area contributed by atoms with Gasteiger partial charge < -0.3 is 4.90 Å². The Kier molecular flexibility index (Phi) is 4.91. The average Bonchev–Trinajstić information content (AvgIpc) is 2.91. The van der Waals surface area contributed by atoms with Crippen molar-refractivity contribution in [3.05, 3.63) is 29.8 Å². The van der Waals surface area contributed by atoms with Crippen molar-refractivity contribution in [2.75, 3.05) is 18.0 Å². The maximum Gasteiger partial charge on any atom is 0.334 e. The summed E-state index contributed by atoms with van der Waals surface area (Å²) in [6.45, 7) is 2.16. The Balaban J connectivity index is 1.52. The minimum atomic E-state index is -0.888. The van der Waals surface area contributed by atoms with Crippen molar-refractivity contribution in [1.82, 2.24) is 9.80 Å². The van der Waals surface area contributed by atoms with Crippen molar-refractivity contribution in [3.8, 4) is 0 Å². The van der Waals surface area contributed by atoms with E-state index in [4.69, 9.17) is 0 Å². The van der Waals surface area contributed by atoms with Crippen LogP contribution in [0.5, 0.6) is 0 Å². The van der Waals surface area contributed by atoms with Crippen LogP contribution in [-0.2, 0) is 20.8 Å². The zero-order valence-electron chi connectivity index (χ0n) is 16.1.